The van der Waals surface area contributed by atoms with Crippen LogP contribution in [0.3, 0.4) is 0 Å². The van der Waals surface area contributed by atoms with Gasteiger partial charge in [-0.25, -0.2) is 4.79 Å². The van der Waals surface area contributed by atoms with Gasteiger partial charge in [0.2, 0.25) is 6.29 Å². The maximum atomic E-state index is 10.3. The summed E-state index contributed by atoms with van der Waals surface area (Å²) in [4.78, 5) is 10.3. The highest BCUT2D eigenvalue weighted by Gasteiger charge is 2.26. The largest absolute Gasteiger partial charge is 0.433 e. The first-order valence-corrected chi connectivity index (χ1v) is 5.97. The summed E-state index contributed by atoms with van der Waals surface area (Å²) in [5, 5.41) is 8.67. The van der Waals surface area contributed by atoms with E-state index in [0.29, 0.717) is 18.6 Å². The van der Waals surface area contributed by atoms with Crippen LogP contribution in [0.5, 0.6) is 0 Å². The summed E-state index contributed by atoms with van der Waals surface area (Å²) in [5.41, 5.74) is 0. The Morgan fingerprint density at radius 2 is 1.94 bits per heavy atom. The summed E-state index contributed by atoms with van der Waals surface area (Å²) in [5.74, 6) is -0.593. The van der Waals surface area contributed by atoms with E-state index in [1.54, 1.807) is 6.92 Å². The fourth-order valence-corrected chi connectivity index (χ4v) is 0.925. The van der Waals surface area contributed by atoms with Crippen molar-refractivity contribution in [3.05, 3.63) is 12.7 Å². The molecular formula is C12H20O6. The van der Waals surface area contributed by atoms with Crippen molar-refractivity contribution in [2.24, 2.45) is 0 Å². The Kier molecular flexibility index (Phi) is 6.89. The maximum absolute atomic E-state index is 10.3. The van der Waals surface area contributed by atoms with Gasteiger partial charge < -0.3 is 24.1 Å². The Morgan fingerprint density at radius 1 is 1.44 bits per heavy atom. The van der Waals surface area contributed by atoms with Crippen molar-refractivity contribution in [2.45, 2.75) is 31.8 Å². The molecule has 0 spiro atoms. The van der Waals surface area contributed by atoms with Crippen molar-refractivity contribution in [1.82, 2.24) is 0 Å². The van der Waals surface area contributed by atoms with Crippen LogP contribution in [0.4, 0.5) is 0 Å². The molecule has 0 aromatic heterocycles. The molecule has 2 rings (SSSR count). The van der Waals surface area contributed by atoms with Gasteiger partial charge in [0.25, 0.3) is 0 Å². The molecule has 2 aliphatic rings. The number of hydrogen-bond acceptors (Lipinski definition) is 6. The number of ether oxygens (including phenoxy) is 4. The molecule has 18 heavy (non-hydrogen) atoms. The Balaban J connectivity index is 0.000000180. The van der Waals surface area contributed by atoms with Crippen LogP contribution in [0.15, 0.2) is 12.7 Å². The van der Waals surface area contributed by atoms with E-state index in [1.807, 2.05) is 0 Å². The normalized spacial score (nSPS) is 25.4. The molecule has 104 valence electrons. The zero-order chi connectivity index (χ0) is 13.4. The summed E-state index contributed by atoms with van der Waals surface area (Å²) in [6, 6.07) is 0. The van der Waals surface area contributed by atoms with Crippen LogP contribution in [0.1, 0.15) is 13.3 Å². The van der Waals surface area contributed by atoms with Crippen molar-refractivity contribution >= 4 is 5.97 Å². The van der Waals surface area contributed by atoms with Crippen LogP contribution >= 0.6 is 0 Å². The van der Waals surface area contributed by atoms with Gasteiger partial charge >= 0.3 is 5.97 Å². The Labute approximate surface area is 106 Å². The fraction of sp³-hybridized carbons (Fsp3) is 0.750. The number of aliphatic hydroxyl groups excluding tert-OH is 1. The van der Waals surface area contributed by atoms with Gasteiger partial charge in [0.15, 0.2) is 0 Å². The minimum absolute atomic E-state index is 0.392. The van der Waals surface area contributed by atoms with Crippen LogP contribution in [0.25, 0.3) is 0 Å². The smallest absolute Gasteiger partial charge is 0.332 e. The van der Waals surface area contributed by atoms with E-state index < -0.39 is 12.3 Å². The number of hydrogen-bond donors (Lipinski definition) is 1. The molecule has 2 saturated heterocycles. The zero-order valence-electron chi connectivity index (χ0n) is 10.5. The summed E-state index contributed by atoms with van der Waals surface area (Å²) in [6.07, 6.45) is 1.21. The highest BCUT2D eigenvalue weighted by atomic mass is 16.6. The van der Waals surface area contributed by atoms with Gasteiger partial charge in [-0.3, -0.25) is 0 Å². The van der Waals surface area contributed by atoms with Crippen LogP contribution in [0, 0.1) is 0 Å². The van der Waals surface area contributed by atoms with E-state index in [4.69, 9.17) is 19.3 Å². The van der Waals surface area contributed by atoms with Gasteiger partial charge in [0.05, 0.1) is 26.4 Å². The van der Waals surface area contributed by atoms with Gasteiger partial charge in [-0.1, -0.05) is 13.5 Å². The van der Waals surface area contributed by atoms with Gasteiger partial charge in [0.1, 0.15) is 12.2 Å². The van der Waals surface area contributed by atoms with Crippen molar-refractivity contribution in [1.29, 1.82) is 0 Å². The van der Waals surface area contributed by atoms with Crippen LogP contribution in [-0.2, 0) is 23.7 Å². The second-order valence-electron chi connectivity index (χ2n) is 3.95. The molecule has 2 fully saturated rings. The van der Waals surface area contributed by atoms with E-state index in [2.05, 4.69) is 11.3 Å². The lowest BCUT2D eigenvalue weighted by Crippen LogP contribution is -2.14. The predicted molar refractivity (Wildman–Crippen MR) is 62.9 cm³/mol. The van der Waals surface area contributed by atoms with Crippen molar-refractivity contribution in [3.8, 4) is 0 Å². The lowest BCUT2D eigenvalue weighted by atomic mass is 10.5. The number of epoxide rings is 2. The van der Waals surface area contributed by atoms with E-state index >= 15 is 0 Å². The third-order valence-electron chi connectivity index (χ3n) is 2.18. The third-order valence-corrected chi connectivity index (χ3v) is 2.18. The molecular weight excluding hydrogens is 240 g/mol. The van der Waals surface area contributed by atoms with Crippen LogP contribution in [0.2, 0.25) is 0 Å². The highest BCUT2D eigenvalue weighted by molar-refractivity contribution is 5.81. The number of rotatable bonds is 7. The molecule has 6 heteroatoms. The first-order chi connectivity index (χ1) is 8.65. The minimum Gasteiger partial charge on any atom is -0.433 e. The second-order valence-corrected chi connectivity index (χ2v) is 3.95. The Morgan fingerprint density at radius 3 is 2.28 bits per heavy atom. The number of esters is 1. The second kappa shape index (κ2) is 8.20. The molecule has 0 bridgehead atoms. The lowest BCUT2D eigenvalue weighted by Gasteiger charge is -2.05. The molecule has 3 unspecified atom stereocenters. The molecule has 0 aromatic rings. The van der Waals surface area contributed by atoms with Gasteiger partial charge in [-0.15, -0.1) is 0 Å². The van der Waals surface area contributed by atoms with E-state index in [1.165, 1.54) is 0 Å². The average Bonchev–Trinajstić information content (AvgIpc) is 3.23. The minimum atomic E-state index is -0.990. The molecule has 6 nitrogen and oxygen atoms in total. The Bertz CT molecular complexity index is 247. The third kappa shape index (κ3) is 8.19. The standard InChI is InChI=1S/2C6H10O3/c1(5-3-8-5)7-2-6-4-9-6;1-3-5(7)9-6(8)4-2/h5-6H,1-4H2;3,6,8H,1,4H2,2H3. The molecule has 0 radical (unpaired) electrons. The van der Waals surface area contributed by atoms with Crippen LogP contribution < -0.4 is 0 Å². The van der Waals surface area contributed by atoms with Crippen molar-refractivity contribution in [3.63, 3.8) is 0 Å². The molecule has 3 atom stereocenters. The SMILES string of the molecule is C(OCC1CO1)C1CO1.C=CC(=O)OC(O)CC. The van der Waals surface area contributed by atoms with Gasteiger partial charge in [-0.05, 0) is 0 Å². The zero-order valence-corrected chi connectivity index (χ0v) is 10.5. The molecule has 0 saturated carbocycles. The van der Waals surface area contributed by atoms with Crippen molar-refractivity contribution < 1.29 is 28.8 Å². The van der Waals surface area contributed by atoms with E-state index in [9.17, 15) is 4.79 Å². The molecule has 1 N–H and O–H groups in total. The lowest BCUT2D eigenvalue weighted by molar-refractivity contribution is -0.161. The molecule has 2 aliphatic heterocycles. The van der Waals surface area contributed by atoms with Gasteiger partial charge in [-0.2, -0.15) is 0 Å². The van der Waals surface area contributed by atoms with Crippen LogP contribution in [-0.4, -0.2) is 56.0 Å². The summed E-state index contributed by atoms with van der Waals surface area (Å²) in [6.45, 7) is 8.13. The number of carbonyl (C=O) groups excluding carboxylic acids is 1. The van der Waals surface area contributed by atoms with Crippen molar-refractivity contribution in [2.75, 3.05) is 26.4 Å². The molecule has 0 aromatic carbocycles. The monoisotopic (exact) mass is 260 g/mol. The Hall–Kier alpha value is -0.950. The first kappa shape index (κ1) is 15.1. The number of carbonyl (C=O) groups is 1. The number of aliphatic hydroxyl groups is 1. The van der Waals surface area contributed by atoms with Gasteiger partial charge in [0, 0.05) is 12.5 Å². The van der Waals surface area contributed by atoms with E-state index in [-0.39, 0.29) is 0 Å². The van der Waals surface area contributed by atoms with E-state index in [0.717, 1.165) is 32.5 Å². The summed E-state index contributed by atoms with van der Waals surface area (Å²) >= 11 is 0. The quantitative estimate of drug-likeness (QED) is 0.306. The first-order valence-electron chi connectivity index (χ1n) is 5.97. The maximum Gasteiger partial charge on any atom is 0.332 e. The molecule has 0 amide bonds. The summed E-state index contributed by atoms with van der Waals surface area (Å²) in [7, 11) is 0. The molecule has 2 heterocycles. The average molecular weight is 260 g/mol. The molecule has 0 aliphatic carbocycles. The fourth-order valence-electron chi connectivity index (χ4n) is 0.925. The highest BCUT2D eigenvalue weighted by Crippen LogP contribution is 2.12. The predicted octanol–water partition coefficient (Wildman–Crippen LogP) is 0.245. The summed E-state index contributed by atoms with van der Waals surface area (Å²) < 4.78 is 19.5. The topological polar surface area (TPSA) is 80.8 Å².